The molecule has 1 aliphatic rings. The summed E-state index contributed by atoms with van der Waals surface area (Å²) in [5.41, 5.74) is 0.0479. The van der Waals surface area contributed by atoms with Crippen LogP contribution in [0.3, 0.4) is 0 Å². The normalized spacial score (nSPS) is 15.2. The Morgan fingerprint density at radius 2 is 1.89 bits per heavy atom. The van der Waals surface area contributed by atoms with Crippen molar-refractivity contribution in [1.29, 1.82) is 0 Å². The molecular formula is C21H21ClFNO4. The minimum atomic E-state index is -1.30. The molecule has 7 heteroatoms. The van der Waals surface area contributed by atoms with Crippen LogP contribution in [0.5, 0.6) is 5.75 Å². The molecular weight excluding hydrogens is 385 g/mol. The molecule has 28 heavy (non-hydrogen) atoms. The maximum Gasteiger partial charge on any atom is 0.330 e. The molecule has 2 N–H and O–H groups in total. The predicted octanol–water partition coefficient (Wildman–Crippen LogP) is 4.60. The van der Waals surface area contributed by atoms with E-state index in [0.717, 1.165) is 18.9 Å². The van der Waals surface area contributed by atoms with E-state index in [1.807, 2.05) is 0 Å². The van der Waals surface area contributed by atoms with E-state index in [-0.39, 0.29) is 16.3 Å². The zero-order valence-corrected chi connectivity index (χ0v) is 15.9. The molecule has 1 saturated carbocycles. The van der Waals surface area contributed by atoms with E-state index in [9.17, 15) is 19.1 Å². The summed E-state index contributed by atoms with van der Waals surface area (Å²) in [5, 5.41) is 11.9. The Morgan fingerprint density at radius 3 is 2.54 bits per heavy atom. The molecule has 1 unspecified atom stereocenters. The summed E-state index contributed by atoms with van der Waals surface area (Å²) in [6, 6.07) is 9.13. The monoisotopic (exact) mass is 405 g/mol. The second-order valence-electron chi connectivity index (χ2n) is 6.88. The Kier molecular flexibility index (Phi) is 6.52. The third-order valence-corrected chi connectivity index (χ3v) is 5.17. The number of halogens is 2. The van der Waals surface area contributed by atoms with Crippen molar-refractivity contribution in [1.82, 2.24) is 5.32 Å². The third-order valence-electron chi connectivity index (χ3n) is 4.87. The van der Waals surface area contributed by atoms with Crippen molar-refractivity contribution in [3.05, 3.63) is 64.4 Å². The molecule has 148 valence electrons. The second kappa shape index (κ2) is 9.06. The standard InChI is InChI=1S/C21H21ClFNO4/c22-16-10-15(17(23)11-18(16)28-12-13-6-4-5-7-13)20(25)24-19(21(26)27)14-8-2-1-3-9-14/h1-3,8-11,13,19H,4-7,12H2,(H,24,25)(H,26,27). The van der Waals surface area contributed by atoms with Crippen molar-refractivity contribution in [3.63, 3.8) is 0 Å². The molecule has 1 atom stereocenters. The molecule has 0 bridgehead atoms. The lowest BCUT2D eigenvalue weighted by molar-refractivity contribution is -0.139. The van der Waals surface area contributed by atoms with Crippen LogP contribution >= 0.6 is 11.6 Å². The van der Waals surface area contributed by atoms with Crippen LogP contribution in [0.1, 0.15) is 47.6 Å². The van der Waals surface area contributed by atoms with Crippen molar-refractivity contribution in [3.8, 4) is 5.75 Å². The zero-order chi connectivity index (χ0) is 20.1. The van der Waals surface area contributed by atoms with Gasteiger partial charge in [-0.1, -0.05) is 54.8 Å². The fourth-order valence-corrected chi connectivity index (χ4v) is 3.56. The first-order chi connectivity index (χ1) is 13.5. The average Bonchev–Trinajstić information content (AvgIpc) is 3.20. The van der Waals surface area contributed by atoms with Crippen LogP contribution in [0.15, 0.2) is 42.5 Å². The molecule has 2 aromatic carbocycles. The fraction of sp³-hybridized carbons (Fsp3) is 0.333. The number of ether oxygens (including phenoxy) is 1. The van der Waals surface area contributed by atoms with E-state index in [2.05, 4.69) is 5.32 Å². The number of carbonyl (C=O) groups excluding carboxylic acids is 1. The molecule has 3 rings (SSSR count). The number of rotatable bonds is 7. The third kappa shape index (κ3) is 4.81. The Hall–Kier alpha value is -2.60. The summed E-state index contributed by atoms with van der Waals surface area (Å²) in [6.45, 7) is 0.458. The topological polar surface area (TPSA) is 75.6 Å². The summed E-state index contributed by atoms with van der Waals surface area (Å²) >= 11 is 6.16. The molecule has 2 aromatic rings. The quantitative estimate of drug-likeness (QED) is 0.705. The lowest BCUT2D eigenvalue weighted by atomic mass is 10.1. The number of carboxylic acid groups (broad SMARTS) is 1. The Bertz CT molecular complexity index is 853. The van der Waals surface area contributed by atoms with Crippen molar-refractivity contribution in [2.45, 2.75) is 31.7 Å². The lowest BCUT2D eigenvalue weighted by Crippen LogP contribution is -2.34. The predicted molar refractivity (Wildman–Crippen MR) is 103 cm³/mol. The number of aliphatic carboxylic acids is 1. The number of benzene rings is 2. The summed E-state index contributed by atoms with van der Waals surface area (Å²) in [5.74, 6) is -2.31. The van der Waals surface area contributed by atoms with Gasteiger partial charge in [0.1, 0.15) is 11.6 Å². The molecule has 0 aliphatic heterocycles. The van der Waals surface area contributed by atoms with Gasteiger partial charge in [-0.15, -0.1) is 0 Å². The van der Waals surface area contributed by atoms with Crippen LogP contribution in [-0.2, 0) is 4.79 Å². The summed E-state index contributed by atoms with van der Waals surface area (Å²) in [4.78, 5) is 24.0. The van der Waals surface area contributed by atoms with Gasteiger partial charge in [-0.2, -0.15) is 0 Å². The van der Waals surface area contributed by atoms with Gasteiger partial charge in [-0.3, -0.25) is 4.79 Å². The highest BCUT2D eigenvalue weighted by Crippen LogP contribution is 2.31. The molecule has 0 heterocycles. The zero-order valence-electron chi connectivity index (χ0n) is 15.2. The molecule has 0 aromatic heterocycles. The first-order valence-corrected chi connectivity index (χ1v) is 9.54. The van der Waals surface area contributed by atoms with E-state index in [1.54, 1.807) is 30.3 Å². The highest BCUT2D eigenvalue weighted by Gasteiger charge is 2.25. The molecule has 1 aliphatic carbocycles. The Balaban J connectivity index is 1.73. The molecule has 1 amide bonds. The van der Waals surface area contributed by atoms with Gasteiger partial charge >= 0.3 is 5.97 Å². The molecule has 1 fully saturated rings. The lowest BCUT2D eigenvalue weighted by Gasteiger charge is -2.16. The van der Waals surface area contributed by atoms with Crippen LogP contribution in [0, 0.1) is 11.7 Å². The summed E-state index contributed by atoms with van der Waals surface area (Å²) < 4.78 is 20.1. The number of hydrogen-bond donors (Lipinski definition) is 2. The van der Waals surface area contributed by atoms with Gasteiger partial charge in [0.15, 0.2) is 6.04 Å². The van der Waals surface area contributed by atoms with E-state index < -0.39 is 23.7 Å². The number of amides is 1. The van der Waals surface area contributed by atoms with Gasteiger partial charge in [0.2, 0.25) is 0 Å². The van der Waals surface area contributed by atoms with Gasteiger partial charge in [-0.05, 0) is 30.4 Å². The molecule has 0 radical (unpaired) electrons. The van der Waals surface area contributed by atoms with Gasteiger partial charge in [-0.25, -0.2) is 9.18 Å². The van der Waals surface area contributed by atoms with Crippen LogP contribution < -0.4 is 10.1 Å². The molecule has 0 spiro atoms. The smallest absolute Gasteiger partial charge is 0.330 e. The molecule has 0 saturated heterocycles. The average molecular weight is 406 g/mol. The van der Waals surface area contributed by atoms with Gasteiger partial charge in [0.25, 0.3) is 5.91 Å². The maximum atomic E-state index is 14.5. The first kappa shape index (κ1) is 20.1. The molecule has 5 nitrogen and oxygen atoms in total. The van der Waals surface area contributed by atoms with E-state index in [0.29, 0.717) is 18.1 Å². The van der Waals surface area contributed by atoms with Crippen molar-refractivity contribution < 1.29 is 23.8 Å². The number of hydrogen-bond acceptors (Lipinski definition) is 3. The number of carbonyl (C=O) groups is 2. The van der Waals surface area contributed by atoms with Crippen molar-refractivity contribution in [2.24, 2.45) is 5.92 Å². The minimum absolute atomic E-state index is 0.108. The highest BCUT2D eigenvalue weighted by atomic mass is 35.5. The Morgan fingerprint density at radius 1 is 1.21 bits per heavy atom. The second-order valence-corrected chi connectivity index (χ2v) is 7.29. The van der Waals surface area contributed by atoms with E-state index in [1.165, 1.54) is 18.9 Å². The first-order valence-electron chi connectivity index (χ1n) is 9.16. The minimum Gasteiger partial charge on any atom is -0.492 e. The fourth-order valence-electron chi connectivity index (χ4n) is 3.34. The summed E-state index contributed by atoms with van der Waals surface area (Å²) in [7, 11) is 0. The van der Waals surface area contributed by atoms with Crippen molar-refractivity contribution in [2.75, 3.05) is 6.61 Å². The van der Waals surface area contributed by atoms with Crippen LogP contribution in [-0.4, -0.2) is 23.6 Å². The number of carboxylic acids is 1. The number of nitrogens with one attached hydrogen (secondary N) is 1. The van der Waals surface area contributed by atoms with Gasteiger partial charge < -0.3 is 15.2 Å². The summed E-state index contributed by atoms with van der Waals surface area (Å²) in [6.07, 6.45) is 4.50. The largest absolute Gasteiger partial charge is 0.492 e. The highest BCUT2D eigenvalue weighted by molar-refractivity contribution is 6.32. The Labute approximate surface area is 167 Å². The van der Waals surface area contributed by atoms with E-state index in [4.69, 9.17) is 16.3 Å². The maximum absolute atomic E-state index is 14.5. The van der Waals surface area contributed by atoms with Crippen LogP contribution in [0.4, 0.5) is 4.39 Å². The van der Waals surface area contributed by atoms with Crippen molar-refractivity contribution >= 4 is 23.5 Å². The van der Waals surface area contributed by atoms with E-state index >= 15 is 0 Å². The van der Waals surface area contributed by atoms with Crippen LogP contribution in [0.25, 0.3) is 0 Å². The van der Waals surface area contributed by atoms with Gasteiger partial charge in [0.05, 0.1) is 17.2 Å². The van der Waals surface area contributed by atoms with Gasteiger partial charge in [0, 0.05) is 6.07 Å². The SMILES string of the molecule is O=C(NC(C(=O)O)c1ccccc1)c1cc(Cl)c(OCC2CCCC2)cc1F. The van der Waals surface area contributed by atoms with Crippen LogP contribution in [0.2, 0.25) is 5.02 Å².